The number of ether oxygens (including phenoxy) is 1. The van der Waals surface area contributed by atoms with E-state index in [1.165, 1.54) is 49.7 Å². The van der Waals surface area contributed by atoms with Gasteiger partial charge in [0, 0.05) is 12.6 Å². The van der Waals surface area contributed by atoms with E-state index in [1.54, 1.807) is 0 Å². The van der Waals surface area contributed by atoms with Gasteiger partial charge in [-0.2, -0.15) is 0 Å². The Labute approximate surface area is 156 Å². The molecule has 10 heteroatoms. The van der Waals surface area contributed by atoms with Crippen LogP contribution in [0.5, 0.6) is 0 Å². The second kappa shape index (κ2) is 8.49. The fraction of sp³-hybridized carbons (Fsp3) is 0.235. The standard InChI is InChI=1S/C17H18N2O7S/c1-19(27(2,23)24)13-7-5-12(6-8-13)14(20)11-26-16(21)10-18-17(22)15-4-3-9-25-15/h3-9H,10-11H2,1-2H3,(H,18,22). The summed E-state index contributed by atoms with van der Waals surface area (Å²) in [7, 11) is -2.01. The van der Waals surface area contributed by atoms with Gasteiger partial charge in [-0.1, -0.05) is 0 Å². The highest BCUT2D eigenvalue weighted by Crippen LogP contribution is 2.16. The summed E-state index contributed by atoms with van der Waals surface area (Å²) in [5.74, 6) is -1.77. The molecule has 1 heterocycles. The second-order valence-electron chi connectivity index (χ2n) is 5.52. The molecule has 144 valence electrons. The molecule has 0 aliphatic carbocycles. The molecule has 1 N–H and O–H groups in total. The largest absolute Gasteiger partial charge is 0.459 e. The van der Waals surface area contributed by atoms with Gasteiger partial charge < -0.3 is 14.5 Å². The van der Waals surface area contributed by atoms with Crippen molar-refractivity contribution in [2.75, 3.05) is 30.8 Å². The summed E-state index contributed by atoms with van der Waals surface area (Å²) in [5, 5.41) is 2.30. The Hall–Kier alpha value is -3.14. The molecular formula is C17H18N2O7S. The Balaban J connectivity index is 1.83. The van der Waals surface area contributed by atoms with Crippen LogP contribution in [0.1, 0.15) is 20.9 Å². The molecule has 0 aliphatic rings. The number of esters is 1. The zero-order valence-corrected chi connectivity index (χ0v) is 15.5. The smallest absolute Gasteiger partial charge is 0.325 e. The molecule has 1 aromatic carbocycles. The number of nitrogens with zero attached hydrogens (tertiary/aromatic N) is 1. The van der Waals surface area contributed by atoms with Crippen LogP contribution in [-0.2, 0) is 19.6 Å². The van der Waals surface area contributed by atoms with Gasteiger partial charge in [0.25, 0.3) is 5.91 Å². The Morgan fingerprint density at radius 2 is 1.81 bits per heavy atom. The maximum Gasteiger partial charge on any atom is 0.325 e. The van der Waals surface area contributed by atoms with Crippen LogP contribution in [0.25, 0.3) is 0 Å². The number of carbonyl (C=O) groups is 3. The Morgan fingerprint density at radius 3 is 2.37 bits per heavy atom. The summed E-state index contributed by atoms with van der Waals surface area (Å²) in [6.07, 6.45) is 2.39. The van der Waals surface area contributed by atoms with E-state index in [1.807, 2.05) is 0 Å². The highest BCUT2D eigenvalue weighted by atomic mass is 32.2. The number of anilines is 1. The minimum absolute atomic E-state index is 0.0537. The first kappa shape index (κ1) is 20.2. The lowest BCUT2D eigenvalue weighted by atomic mass is 10.1. The van der Waals surface area contributed by atoms with Gasteiger partial charge in [-0.25, -0.2) is 8.42 Å². The van der Waals surface area contributed by atoms with Gasteiger partial charge in [0.1, 0.15) is 6.54 Å². The number of nitrogens with one attached hydrogen (secondary N) is 1. The Kier molecular flexibility index (Phi) is 6.35. The number of hydrogen-bond acceptors (Lipinski definition) is 7. The van der Waals surface area contributed by atoms with Crippen molar-refractivity contribution in [3.05, 3.63) is 54.0 Å². The Bertz CT molecular complexity index is 919. The van der Waals surface area contributed by atoms with E-state index < -0.39 is 40.8 Å². The molecule has 2 rings (SSSR count). The number of rotatable bonds is 8. The molecule has 27 heavy (non-hydrogen) atoms. The number of benzene rings is 1. The minimum atomic E-state index is -3.40. The van der Waals surface area contributed by atoms with Crippen molar-refractivity contribution >= 4 is 33.4 Å². The Morgan fingerprint density at radius 1 is 1.15 bits per heavy atom. The molecule has 0 atom stereocenters. The molecule has 1 aromatic heterocycles. The first-order valence-electron chi connectivity index (χ1n) is 7.73. The zero-order chi connectivity index (χ0) is 20.0. The molecule has 1 amide bonds. The molecule has 0 saturated heterocycles. The average molecular weight is 394 g/mol. The average Bonchev–Trinajstić information content (AvgIpc) is 3.17. The van der Waals surface area contributed by atoms with Crippen molar-refractivity contribution in [3.8, 4) is 0 Å². The van der Waals surface area contributed by atoms with Crippen molar-refractivity contribution < 1.29 is 32.0 Å². The lowest BCUT2D eigenvalue weighted by Gasteiger charge is -2.16. The summed E-state index contributed by atoms with van der Waals surface area (Å²) in [4.78, 5) is 35.3. The highest BCUT2D eigenvalue weighted by molar-refractivity contribution is 7.92. The van der Waals surface area contributed by atoms with E-state index in [-0.39, 0.29) is 11.3 Å². The number of furan rings is 1. The van der Waals surface area contributed by atoms with Crippen molar-refractivity contribution in [2.45, 2.75) is 0 Å². The predicted molar refractivity (Wildman–Crippen MR) is 96.0 cm³/mol. The first-order valence-corrected chi connectivity index (χ1v) is 9.58. The van der Waals surface area contributed by atoms with Gasteiger partial charge >= 0.3 is 5.97 Å². The van der Waals surface area contributed by atoms with Crippen LogP contribution in [-0.4, -0.2) is 52.5 Å². The monoisotopic (exact) mass is 394 g/mol. The van der Waals surface area contributed by atoms with Crippen LogP contribution < -0.4 is 9.62 Å². The molecule has 0 bridgehead atoms. The summed E-state index contributed by atoms with van der Waals surface area (Å²) in [6, 6.07) is 8.79. The number of hydrogen-bond donors (Lipinski definition) is 1. The van der Waals surface area contributed by atoms with Gasteiger partial charge in [0.15, 0.2) is 18.2 Å². The van der Waals surface area contributed by atoms with Crippen molar-refractivity contribution in [2.24, 2.45) is 0 Å². The van der Waals surface area contributed by atoms with Crippen molar-refractivity contribution in [1.82, 2.24) is 5.32 Å². The molecule has 2 aromatic rings. The topological polar surface area (TPSA) is 123 Å². The van der Waals surface area contributed by atoms with Gasteiger partial charge in [0.2, 0.25) is 10.0 Å². The third-order valence-electron chi connectivity index (χ3n) is 3.55. The predicted octanol–water partition coefficient (Wildman–Crippen LogP) is 0.831. The SMILES string of the molecule is CN(c1ccc(C(=O)COC(=O)CNC(=O)c2ccco2)cc1)S(C)(=O)=O. The summed E-state index contributed by atoms with van der Waals surface area (Å²) in [6.45, 7) is -0.915. The fourth-order valence-electron chi connectivity index (χ4n) is 1.98. The normalized spacial score (nSPS) is 10.9. The number of carbonyl (C=O) groups excluding carboxylic acids is 3. The lowest BCUT2D eigenvalue weighted by molar-refractivity contribution is -0.141. The summed E-state index contributed by atoms with van der Waals surface area (Å²) >= 11 is 0. The van der Waals surface area contributed by atoms with Crippen LogP contribution in [0.15, 0.2) is 47.1 Å². The zero-order valence-electron chi connectivity index (χ0n) is 14.7. The minimum Gasteiger partial charge on any atom is -0.459 e. The summed E-state index contributed by atoms with van der Waals surface area (Å²) in [5.41, 5.74) is 0.653. The van der Waals surface area contributed by atoms with E-state index in [4.69, 9.17) is 9.15 Å². The van der Waals surface area contributed by atoms with E-state index >= 15 is 0 Å². The first-order chi connectivity index (χ1) is 12.7. The highest BCUT2D eigenvalue weighted by Gasteiger charge is 2.15. The van der Waals surface area contributed by atoms with Crippen molar-refractivity contribution in [3.63, 3.8) is 0 Å². The fourth-order valence-corrected chi connectivity index (χ4v) is 2.48. The molecule has 0 spiro atoms. The summed E-state index contributed by atoms with van der Waals surface area (Å²) < 4.78 is 33.7. The van der Waals surface area contributed by atoms with Crippen LogP contribution >= 0.6 is 0 Å². The van der Waals surface area contributed by atoms with Gasteiger partial charge in [-0.3, -0.25) is 18.7 Å². The van der Waals surface area contributed by atoms with Crippen LogP contribution in [0.3, 0.4) is 0 Å². The second-order valence-corrected chi connectivity index (χ2v) is 7.53. The maximum absolute atomic E-state index is 12.0. The molecule has 9 nitrogen and oxygen atoms in total. The molecule has 0 fully saturated rings. The molecule has 0 aliphatic heterocycles. The van der Waals surface area contributed by atoms with Crippen molar-refractivity contribution in [1.29, 1.82) is 0 Å². The maximum atomic E-state index is 12.0. The lowest BCUT2D eigenvalue weighted by Crippen LogP contribution is -2.31. The number of Topliss-reactive ketones (excluding diaryl/α,β-unsaturated/α-hetero) is 1. The van der Waals surface area contributed by atoms with Crippen LogP contribution in [0.4, 0.5) is 5.69 Å². The molecule has 0 radical (unpaired) electrons. The van der Waals surface area contributed by atoms with E-state index in [2.05, 4.69) is 5.32 Å². The van der Waals surface area contributed by atoms with Gasteiger partial charge in [0.05, 0.1) is 18.2 Å². The van der Waals surface area contributed by atoms with Crippen LogP contribution in [0.2, 0.25) is 0 Å². The van der Waals surface area contributed by atoms with E-state index in [0.717, 1.165) is 10.6 Å². The number of amides is 1. The van der Waals surface area contributed by atoms with Gasteiger partial charge in [-0.05, 0) is 36.4 Å². The number of ketones is 1. The quantitative estimate of drug-likeness (QED) is 0.520. The van der Waals surface area contributed by atoms with E-state index in [9.17, 15) is 22.8 Å². The molecule has 0 saturated carbocycles. The third kappa shape index (κ3) is 5.68. The van der Waals surface area contributed by atoms with Gasteiger partial charge in [-0.15, -0.1) is 0 Å². The third-order valence-corrected chi connectivity index (χ3v) is 4.76. The number of sulfonamides is 1. The van der Waals surface area contributed by atoms with E-state index in [0.29, 0.717) is 5.69 Å². The van der Waals surface area contributed by atoms with Crippen LogP contribution in [0, 0.1) is 0 Å². The molecule has 0 unspecified atom stereocenters. The molecular weight excluding hydrogens is 376 g/mol.